The lowest BCUT2D eigenvalue weighted by Crippen LogP contribution is -2.33. The van der Waals surface area contributed by atoms with E-state index in [9.17, 15) is 19.2 Å². The van der Waals surface area contributed by atoms with Gasteiger partial charge in [-0.15, -0.1) is 0 Å². The molecule has 1 aliphatic heterocycles. The van der Waals surface area contributed by atoms with Gasteiger partial charge in [-0.2, -0.15) is 5.10 Å². The topological polar surface area (TPSA) is 246 Å². The van der Waals surface area contributed by atoms with Crippen LogP contribution >= 0.6 is 11.6 Å². The second-order valence-corrected chi connectivity index (χ2v) is 13.9. The Balaban J connectivity index is 1.31. The van der Waals surface area contributed by atoms with Gasteiger partial charge in [0.1, 0.15) is 40.6 Å². The maximum absolute atomic E-state index is 13.6. The Bertz CT molecular complexity index is 2050. The Morgan fingerprint density at radius 3 is 2.45 bits per heavy atom. The van der Waals surface area contributed by atoms with Crippen molar-refractivity contribution in [3.05, 3.63) is 51.8 Å². The van der Waals surface area contributed by atoms with Gasteiger partial charge in [-0.25, -0.2) is 9.78 Å². The highest BCUT2D eigenvalue weighted by Gasteiger charge is 2.30. The summed E-state index contributed by atoms with van der Waals surface area (Å²) in [6, 6.07) is 5.83. The standard InChI is InChI=1S/C35H45ClN10O7/c1-6-45-29(26(36)18(2)44-45)32(49)43-33-42-23-14-20(31(39)48)16-25-28(23)46(33)21(17-52-25)9-7-10-40-27-22(37)13-19(30(38)47)15-24(27)51-12-8-11-41-34(50)53-35(3,4)5/h13-16,21,40H,6-12,17,37H2,1-5H3,(H2,38,47)(H2,39,48)(H,41,50)(H,42,43,49)/t21-/m0/s1. The molecule has 4 amide bonds. The normalized spacial score (nSPS) is 13.7. The number of nitrogens with one attached hydrogen (secondary N) is 3. The van der Waals surface area contributed by atoms with Crippen LogP contribution in [-0.2, 0) is 11.3 Å². The highest BCUT2D eigenvalue weighted by molar-refractivity contribution is 6.34. The van der Waals surface area contributed by atoms with Gasteiger partial charge in [0.05, 0.1) is 34.6 Å². The number of nitrogens with zero attached hydrogens (tertiary/aromatic N) is 4. The van der Waals surface area contributed by atoms with Gasteiger partial charge in [-0.1, -0.05) is 11.6 Å². The number of carbonyl (C=O) groups excluding carboxylic acids is 4. The van der Waals surface area contributed by atoms with Crippen molar-refractivity contribution >= 4 is 63.8 Å². The Morgan fingerprint density at radius 1 is 1.06 bits per heavy atom. The fourth-order valence-corrected chi connectivity index (χ4v) is 6.14. The van der Waals surface area contributed by atoms with Crippen LogP contribution in [0.3, 0.4) is 0 Å². The summed E-state index contributed by atoms with van der Waals surface area (Å²) < 4.78 is 20.7. The molecular weight excluding hydrogens is 708 g/mol. The summed E-state index contributed by atoms with van der Waals surface area (Å²) in [5, 5.41) is 13.5. The highest BCUT2D eigenvalue weighted by atomic mass is 35.5. The number of ether oxygens (including phenoxy) is 3. The molecule has 0 aliphatic carbocycles. The van der Waals surface area contributed by atoms with E-state index in [4.69, 9.17) is 43.0 Å². The number of hydrogen-bond acceptors (Lipinski definition) is 11. The third-order valence-electron chi connectivity index (χ3n) is 8.31. The summed E-state index contributed by atoms with van der Waals surface area (Å²) in [5.41, 5.74) is 19.7. The van der Waals surface area contributed by atoms with Crippen LogP contribution in [0.2, 0.25) is 5.02 Å². The fourth-order valence-electron chi connectivity index (χ4n) is 5.92. The third kappa shape index (κ3) is 8.85. The predicted octanol–water partition coefficient (Wildman–Crippen LogP) is 4.37. The van der Waals surface area contributed by atoms with Gasteiger partial charge in [0.25, 0.3) is 5.91 Å². The lowest BCUT2D eigenvalue weighted by atomic mass is 10.1. The third-order valence-corrected chi connectivity index (χ3v) is 8.76. The first-order valence-corrected chi connectivity index (χ1v) is 17.5. The van der Waals surface area contributed by atoms with Crippen LogP contribution in [0.25, 0.3) is 11.0 Å². The zero-order valence-electron chi connectivity index (χ0n) is 30.3. The fraction of sp³-hybridized carbons (Fsp3) is 0.429. The average molecular weight is 753 g/mol. The molecule has 0 radical (unpaired) electrons. The molecule has 9 N–H and O–H groups in total. The van der Waals surface area contributed by atoms with Crippen molar-refractivity contribution in [1.82, 2.24) is 24.6 Å². The number of anilines is 3. The van der Waals surface area contributed by atoms with Gasteiger partial charge >= 0.3 is 6.09 Å². The van der Waals surface area contributed by atoms with Gasteiger partial charge in [-0.05, 0) is 78.1 Å². The molecule has 4 aromatic rings. The molecule has 2 aromatic carbocycles. The maximum atomic E-state index is 13.6. The van der Waals surface area contributed by atoms with Crippen LogP contribution in [0.15, 0.2) is 24.3 Å². The Hall–Kier alpha value is -5.71. The molecule has 53 heavy (non-hydrogen) atoms. The van der Waals surface area contributed by atoms with E-state index in [0.29, 0.717) is 72.8 Å². The zero-order valence-corrected chi connectivity index (χ0v) is 31.1. The Labute approximate surface area is 310 Å². The molecule has 1 atom stereocenters. The molecule has 284 valence electrons. The number of aryl methyl sites for hydroxylation is 2. The average Bonchev–Trinajstić information content (AvgIpc) is 3.59. The maximum Gasteiger partial charge on any atom is 0.407 e. The summed E-state index contributed by atoms with van der Waals surface area (Å²) in [7, 11) is 0. The first-order chi connectivity index (χ1) is 25.1. The molecule has 18 heteroatoms. The first-order valence-electron chi connectivity index (χ1n) is 17.2. The van der Waals surface area contributed by atoms with E-state index in [0.717, 1.165) is 0 Å². The number of amides is 4. The van der Waals surface area contributed by atoms with Crippen LogP contribution < -0.4 is 42.6 Å². The van der Waals surface area contributed by atoms with Crippen molar-refractivity contribution < 1.29 is 33.4 Å². The summed E-state index contributed by atoms with van der Waals surface area (Å²) >= 11 is 6.47. The number of aromatic nitrogens is 4. The second-order valence-electron chi connectivity index (χ2n) is 13.5. The number of benzene rings is 2. The molecule has 17 nitrogen and oxygen atoms in total. The minimum Gasteiger partial charge on any atom is -0.491 e. The summed E-state index contributed by atoms with van der Waals surface area (Å²) in [4.78, 5) is 54.3. The molecule has 0 saturated heterocycles. The van der Waals surface area contributed by atoms with E-state index in [1.54, 1.807) is 39.8 Å². The van der Waals surface area contributed by atoms with Gasteiger partial charge in [0.2, 0.25) is 17.8 Å². The quantitative estimate of drug-likeness (QED) is 0.0735. The van der Waals surface area contributed by atoms with Gasteiger partial charge in [0, 0.05) is 30.8 Å². The lowest BCUT2D eigenvalue weighted by Gasteiger charge is -2.27. The molecule has 0 bridgehead atoms. The Morgan fingerprint density at radius 2 is 1.77 bits per heavy atom. The van der Waals surface area contributed by atoms with E-state index in [1.165, 1.54) is 16.8 Å². The number of halogens is 1. The number of nitrogen functional groups attached to an aromatic ring is 1. The molecule has 0 saturated carbocycles. The van der Waals surface area contributed by atoms with Crippen molar-refractivity contribution in [2.45, 2.75) is 72.1 Å². The van der Waals surface area contributed by atoms with E-state index < -0.39 is 29.4 Å². The van der Waals surface area contributed by atoms with Crippen molar-refractivity contribution in [2.75, 3.05) is 42.7 Å². The number of imidazole rings is 1. The summed E-state index contributed by atoms with van der Waals surface area (Å²) in [6.07, 6.45) is 1.08. The van der Waals surface area contributed by atoms with E-state index in [-0.39, 0.29) is 52.7 Å². The van der Waals surface area contributed by atoms with Crippen LogP contribution in [0.4, 0.5) is 22.1 Å². The molecule has 0 unspecified atom stereocenters. The van der Waals surface area contributed by atoms with E-state index in [2.05, 4.69) is 26.0 Å². The molecule has 0 fully saturated rings. The largest absolute Gasteiger partial charge is 0.491 e. The molecule has 1 aliphatic rings. The number of nitrogens with two attached hydrogens (primary N) is 3. The van der Waals surface area contributed by atoms with Crippen molar-refractivity contribution in [3.63, 3.8) is 0 Å². The van der Waals surface area contributed by atoms with Crippen LogP contribution in [0, 0.1) is 6.92 Å². The van der Waals surface area contributed by atoms with Crippen LogP contribution in [0.1, 0.15) is 89.9 Å². The number of hydrogen-bond donors (Lipinski definition) is 6. The predicted molar refractivity (Wildman–Crippen MR) is 200 cm³/mol. The molecule has 2 aromatic heterocycles. The second kappa shape index (κ2) is 15.9. The summed E-state index contributed by atoms with van der Waals surface area (Å²) in [6.45, 7) is 10.5. The van der Waals surface area contributed by atoms with Crippen molar-refractivity contribution in [2.24, 2.45) is 11.5 Å². The minimum absolute atomic E-state index is 0.185. The number of rotatable bonds is 15. The molecular formula is C35H45ClN10O7. The van der Waals surface area contributed by atoms with E-state index in [1.807, 2.05) is 11.5 Å². The molecule has 0 spiro atoms. The Kier molecular flexibility index (Phi) is 11.6. The van der Waals surface area contributed by atoms with Gasteiger partial charge < -0.3 is 46.6 Å². The van der Waals surface area contributed by atoms with E-state index >= 15 is 0 Å². The van der Waals surface area contributed by atoms with Gasteiger partial charge in [-0.3, -0.25) is 24.4 Å². The van der Waals surface area contributed by atoms with Crippen molar-refractivity contribution in [3.8, 4) is 11.5 Å². The number of alkyl carbamates (subject to hydrolysis) is 1. The van der Waals surface area contributed by atoms with Gasteiger partial charge in [0.15, 0.2) is 0 Å². The molecule has 3 heterocycles. The highest BCUT2D eigenvalue weighted by Crippen LogP contribution is 2.39. The first kappa shape index (κ1) is 38.5. The number of carbonyl (C=O) groups is 4. The lowest BCUT2D eigenvalue weighted by molar-refractivity contribution is 0.0525. The number of primary amides is 2. The summed E-state index contributed by atoms with van der Waals surface area (Å²) in [5.74, 6) is -0.802. The zero-order chi connectivity index (χ0) is 38.6. The molecule has 5 rings (SSSR count). The monoisotopic (exact) mass is 752 g/mol. The SMILES string of the molecule is CCn1nc(C)c(Cl)c1C(=O)Nc1nc2cc(C(N)=O)cc3c2n1[C@@H](CCCNc1c(N)cc(C(N)=O)cc1OCCCNC(=O)OC(C)(C)C)CO3. The van der Waals surface area contributed by atoms with Crippen molar-refractivity contribution in [1.29, 1.82) is 0 Å². The minimum atomic E-state index is -0.661. The smallest absolute Gasteiger partial charge is 0.407 e. The van der Waals surface area contributed by atoms with Crippen LogP contribution in [0.5, 0.6) is 11.5 Å². The van der Waals surface area contributed by atoms with Crippen LogP contribution in [-0.4, -0.2) is 75.1 Å².